The number of rotatable bonds is 6. The molecule has 0 aliphatic carbocycles. The van der Waals surface area contributed by atoms with E-state index in [0.717, 1.165) is 52.1 Å². The van der Waals surface area contributed by atoms with E-state index >= 15 is 0 Å². The molecule has 6 nitrogen and oxygen atoms in total. The van der Waals surface area contributed by atoms with Crippen LogP contribution < -0.4 is 5.32 Å². The molecule has 22 heavy (non-hydrogen) atoms. The molecule has 2 aliphatic rings. The Morgan fingerprint density at radius 3 is 2.59 bits per heavy atom. The molecule has 0 saturated carbocycles. The van der Waals surface area contributed by atoms with Gasteiger partial charge >= 0.3 is 0 Å². The number of nitrogens with zero attached hydrogens (tertiary/aromatic N) is 3. The summed E-state index contributed by atoms with van der Waals surface area (Å²) in [6.45, 7) is 8.91. The average molecular weight is 333 g/mol. The summed E-state index contributed by atoms with van der Waals surface area (Å²) in [5.74, 6) is 0. The van der Waals surface area contributed by atoms with E-state index in [-0.39, 0.29) is 12.0 Å². The summed E-state index contributed by atoms with van der Waals surface area (Å²) >= 11 is 6.29. The van der Waals surface area contributed by atoms with Crippen molar-refractivity contribution in [3.8, 4) is 0 Å². The van der Waals surface area contributed by atoms with Crippen molar-refractivity contribution in [2.45, 2.75) is 25.9 Å². The Bertz CT molecular complexity index is 367. The third-order valence-corrected chi connectivity index (χ3v) is 5.21. The highest BCUT2D eigenvalue weighted by molar-refractivity contribution is 6.66. The number of β-amino-alcohol motifs (C(OH)–C–C–N with tert-alkyl or cyclic N) is 1. The predicted molar refractivity (Wildman–Crippen MR) is 89.4 cm³/mol. The van der Waals surface area contributed by atoms with Gasteiger partial charge < -0.3 is 20.2 Å². The van der Waals surface area contributed by atoms with Crippen LogP contribution in [0.1, 0.15) is 19.8 Å². The van der Waals surface area contributed by atoms with Crippen molar-refractivity contribution >= 4 is 16.8 Å². The van der Waals surface area contributed by atoms with Crippen molar-refractivity contribution in [1.82, 2.24) is 15.1 Å². The number of piperidine rings is 1. The van der Waals surface area contributed by atoms with Gasteiger partial charge in [-0.05, 0) is 33.0 Å². The van der Waals surface area contributed by atoms with Crippen molar-refractivity contribution in [3.05, 3.63) is 0 Å². The summed E-state index contributed by atoms with van der Waals surface area (Å²) in [7, 11) is 2.12. The zero-order chi connectivity index (χ0) is 16.0. The van der Waals surface area contributed by atoms with E-state index in [9.17, 15) is 5.11 Å². The molecule has 0 aromatic rings. The largest absolute Gasteiger partial charge is 0.392 e. The van der Waals surface area contributed by atoms with E-state index in [1.54, 1.807) is 0 Å². The lowest BCUT2D eigenvalue weighted by molar-refractivity contribution is 0.0102. The smallest absolute Gasteiger partial charge is 0.151 e. The van der Waals surface area contributed by atoms with Crippen molar-refractivity contribution < 1.29 is 9.94 Å². The highest BCUT2D eigenvalue weighted by Gasteiger charge is 2.32. The molecule has 2 saturated heterocycles. The highest BCUT2D eigenvalue weighted by atomic mass is 35.5. The fourth-order valence-corrected chi connectivity index (χ4v) is 3.09. The molecule has 2 fully saturated rings. The number of hydrogen-bond donors (Lipinski definition) is 2. The molecular weight excluding hydrogens is 304 g/mol. The van der Waals surface area contributed by atoms with Gasteiger partial charge in [0.15, 0.2) is 5.17 Å². The Kier molecular flexibility index (Phi) is 6.89. The van der Waals surface area contributed by atoms with E-state index in [2.05, 4.69) is 34.2 Å². The molecule has 7 heteroatoms. The molecule has 0 amide bonds. The molecule has 0 aromatic heterocycles. The molecule has 0 bridgehead atoms. The van der Waals surface area contributed by atoms with Gasteiger partial charge in [0.25, 0.3) is 0 Å². The fraction of sp³-hybridized carbons (Fsp3) is 0.933. The minimum atomic E-state index is -0.530. The van der Waals surface area contributed by atoms with Gasteiger partial charge in [0.05, 0.1) is 0 Å². The van der Waals surface area contributed by atoms with Gasteiger partial charge in [0, 0.05) is 38.1 Å². The van der Waals surface area contributed by atoms with E-state index < -0.39 is 6.10 Å². The van der Waals surface area contributed by atoms with Crippen molar-refractivity contribution in [3.63, 3.8) is 0 Å². The molecule has 2 heterocycles. The molecule has 0 radical (unpaired) electrons. The van der Waals surface area contributed by atoms with Gasteiger partial charge in [-0.15, -0.1) is 0 Å². The summed E-state index contributed by atoms with van der Waals surface area (Å²) < 4.78 is 0. The Balaban J connectivity index is 1.69. The van der Waals surface area contributed by atoms with Crippen LogP contribution in [0.25, 0.3) is 0 Å². The van der Waals surface area contributed by atoms with E-state index in [4.69, 9.17) is 16.4 Å². The van der Waals surface area contributed by atoms with Gasteiger partial charge in [0.1, 0.15) is 12.7 Å². The summed E-state index contributed by atoms with van der Waals surface area (Å²) in [6, 6.07) is 0. The topological polar surface area (TPSA) is 60.3 Å². The molecule has 2 N–H and O–H groups in total. The number of piperazine rings is 1. The average Bonchev–Trinajstić information content (AvgIpc) is 2.50. The second kappa shape index (κ2) is 8.45. The summed E-state index contributed by atoms with van der Waals surface area (Å²) in [5.41, 5.74) is -0.102. The Morgan fingerprint density at radius 2 is 1.95 bits per heavy atom. The van der Waals surface area contributed by atoms with Crippen molar-refractivity contribution in [2.24, 2.45) is 10.6 Å². The van der Waals surface area contributed by atoms with E-state index in [0.29, 0.717) is 11.7 Å². The maximum absolute atomic E-state index is 10.1. The lowest BCUT2D eigenvalue weighted by Crippen LogP contribution is -2.47. The molecule has 0 spiro atoms. The Labute approximate surface area is 138 Å². The maximum Gasteiger partial charge on any atom is 0.151 e. The van der Waals surface area contributed by atoms with Crippen molar-refractivity contribution in [2.75, 3.05) is 59.5 Å². The number of aliphatic hydroxyl groups is 1. The Hall–Kier alpha value is -0.400. The monoisotopic (exact) mass is 332 g/mol. The zero-order valence-corrected chi connectivity index (χ0v) is 14.5. The fourth-order valence-electron chi connectivity index (χ4n) is 2.86. The SMILES string of the molecule is CN1CCN(CC(O)CO/N=C(\Cl)C2(C)CCNCC2)CC1. The minimum absolute atomic E-state index is 0.102. The molecular formula is C15H29ClN4O2. The molecule has 2 aliphatic heterocycles. The molecule has 128 valence electrons. The third kappa shape index (κ3) is 5.35. The lowest BCUT2D eigenvalue weighted by atomic mass is 9.82. The first-order valence-electron chi connectivity index (χ1n) is 8.15. The van der Waals surface area contributed by atoms with Gasteiger partial charge in [0.2, 0.25) is 0 Å². The van der Waals surface area contributed by atoms with E-state index in [1.165, 1.54) is 0 Å². The number of nitrogens with one attached hydrogen (secondary N) is 1. The van der Waals surface area contributed by atoms with Crippen LogP contribution in [0.2, 0.25) is 0 Å². The van der Waals surface area contributed by atoms with E-state index in [1.807, 2.05) is 0 Å². The molecule has 0 aromatic carbocycles. The van der Waals surface area contributed by atoms with Crippen LogP contribution in [0.3, 0.4) is 0 Å². The van der Waals surface area contributed by atoms with Crippen LogP contribution in [0.5, 0.6) is 0 Å². The first-order valence-corrected chi connectivity index (χ1v) is 8.53. The number of aliphatic hydroxyl groups excluding tert-OH is 1. The third-order valence-electron chi connectivity index (χ3n) is 4.68. The standard InChI is InChI=1S/C15H29ClN4O2/c1-15(3-5-17-6-4-15)14(16)18-22-12-13(21)11-20-9-7-19(2)8-10-20/h13,17,21H,3-12H2,1-2H3/b18-14-. The van der Waals surface area contributed by atoms with Gasteiger partial charge in [-0.3, -0.25) is 4.90 Å². The maximum atomic E-state index is 10.1. The Morgan fingerprint density at radius 1 is 1.32 bits per heavy atom. The molecule has 1 atom stereocenters. The number of likely N-dealkylation sites (N-methyl/N-ethyl adjacent to an activating group) is 1. The first-order chi connectivity index (χ1) is 10.5. The predicted octanol–water partition coefficient (Wildman–Crippen LogP) is 0.553. The highest BCUT2D eigenvalue weighted by Crippen LogP contribution is 2.31. The van der Waals surface area contributed by atoms with Gasteiger partial charge in [-0.1, -0.05) is 23.7 Å². The summed E-state index contributed by atoms with van der Waals surface area (Å²) in [6.07, 6.45) is 1.39. The zero-order valence-electron chi connectivity index (χ0n) is 13.7. The molecule has 1 unspecified atom stereocenters. The minimum Gasteiger partial charge on any atom is -0.392 e. The number of hydrogen-bond acceptors (Lipinski definition) is 6. The van der Waals surface area contributed by atoms with Crippen LogP contribution in [-0.4, -0.2) is 85.6 Å². The van der Waals surface area contributed by atoms with Crippen LogP contribution in [0.15, 0.2) is 5.16 Å². The van der Waals surface area contributed by atoms with Crippen molar-refractivity contribution in [1.29, 1.82) is 0 Å². The van der Waals surface area contributed by atoms with Crippen LogP contribution >= 0.6 is 11.6 Å². The second-order valence-corrected chi connectivity index (χ2v) is 7.10. The van der Waals surface area contributed by atoms with Crippen LogP contribution in [0, 0.1) is 5.41 Å². The normalized spacial score (nSPS) is 25.9. The quantitative estimate of drug-likeness (QED) is 0.549. The summed E-state index contributed by atoms with van der Waals surface area (Å²) in [4.78, 5) is 9.84. The van der Waals surface area contributed by atoms with Gasteiger partial charge in [-0.25, -0.2) is 0 Å². The number of oxime groups is 1. The van der Waals surface area contributed by atoms with Crippen LogP contribution in [-0.2, 0) is 4.84 Å². The molecule has 2 rings (SSSR count). The first kappa shape index (κ1) is 17.9. The lowest BCUT2D eigenvalue weighted by Gasteiger charge is -2.33. The second-order valence-electron chi connectivity index (χ2n) is 6.75. The number of halogens is 1. The summed E-state index contributed by atoms with van der Waals surface area (Å²) in [5, 5.41) is 17.9. The van der Waals surface area contributed by atoms with Crippen LogP contribution in [0.4, 0.5) is 0 Å². The van der Waals surface area contributed by atoms with Gasteiger partial charge in [-0.2, -0.15) is 0 Å².